The Hall–Kier alpha value is -3.28. The molecule has 6 nitrogen and oxygen atoms in total. The molecule has 3 aromatic rings. The Balaban J connectivity index is 1.70. The van der Waals surface area contributed by atoms with E-state index >= 15 is 0 Å². The number of aryl methyl sites for hydroxylation is 3. The summed E-state index contributed by atoms with van der Waals surface area (Å²) in [6.07, 6.45) is 1.000. The number of nitrogens with one attached hydrogen (secondary N) is 1. The average Bonchev–Trinajstić information content (AvgIpc) is 3.00. The minimum atomic E-state index is -0.183. The first-order valence-corrected chi connectivity index (χ1v) is 10.2. The molecule has 0 spiro atoms. The number of hydrogen-bond acceptors (Lipinski definition) is 3. The minimum Gasteiger partial charge on any atom is -0.313 e. The zero-order chi connectivity index (χ0) is 21.6. The zero-order valence-corrected chi connectivity index (χ0v) is 18.5. The van der Waals surface area contributed by atoms with Crippen LogP contribution in [0.5, 0.6) is 0 Å². The lowest BCUT2D eigenvalue weighted by Crippen LogP contribution is -2.24. The summed E-state index contributed by atoms with van der Waals surface area (Å²) >= 11 is 0. The second-order valence-electron chi connectivity index (χ2n) is 8.24. The summed E-state index contributed by atoms with van der Waals surface area (Å²) in [5.41, 5.74) is 8.90. The van der Waals surface area contributed by atoms with E-state index in [1.165, 1.54) is 11.3 Å². The van der Waals surface area contributed by atoms with Crippen LogP contribution < -0.4 is 5.32 Å². The summed E-state index contributed by atoms with van der Waals surface area (Å²) in [6.45, 7) is 9.24. The van der Waals surface area contributed by atoms with Gasteiger partial charge in [-0.05, 0) is 50.6 Å². The Morgan fingerprint density at radius 2 is 1.87 bits per heavy atom. The molecule has 3 heterocycles. The van der Waals surface area contributed by atoms with Crippen molar-refractivity contribution < 1.29 is 9.37 Å². The lowest BCUT2D eigenvalue weighted by Gasteiger charge is -2.17. The molecular formula is C24H28N5O+. The Morgan fingerprint density at radius 1 is 1.10 bits per heavy atom. The van der Waals surface area contributed by atoms with Gasteiger partial charge in [-0.3, -0.25) is 15.1 Å². The number of nitrogens with zero attached hydrogens (tertiary/aromatic N) is 4. The normalized spacial score (nSPS) is 14.6. The molecule has 1 amide bonds. The van der Waals surface area contributed by atoms with Crippen molar-refractivity contribution in [1.29, 1.82) is 0 Å². The van der Waals surface area contributed by atoms with Crippen LogP contribution in [0.25, 0.3) is 16.6 Å². The SMILES string of the molecule is CC1=C(c2cc(C(=O)Nc3nc4ccc(C)cc4n3C)cc(C)n2)C(C)=[N+](C)CC1. The number of fused-ring (bicyclic) bond motifs is 1. The van der Waals surface area contributed by atoms with Crippen LogP contribution in [0.2, 0.25) is 0 Å². The van der Waals surface area contributed by atoms with Crippen LogP contribution >= 0.6 is 0 Å². The van der Waals surface area contributed by atoms with Crippen LogP contribution in [-0.2, 0) is 7.05 Å². The van der Waals surface area contributed by atoms with Crippen LogP contribution in [-0.4, -0.2) is 44.3 Å². The standard InChI is InChI=1S/C24H27N5O/c1-14-7-8-19-21(11-14)29(6)24(26-19)27-23(30)18-12-16(3)25-20(13-18)22-15(2)9-10-28(5)17(22)4/h7-8,11-13H,9-10H2,1-6H3/p+1. The van der Waals surface area contributed by atoms with E-state index in [-0.39, 0.29) is 5.91 Å². The van der Waals surface area contributed by atoms with E-state index in [1.807, 2.05) is 49.7 Å². The molecule has 154 valence electrons. The van der Waals surface area contributed by atoms with E-state index in [2.05, 4.69) is 41.8 Å². The van der Waals surface area contributed by atoms with Crippen molar-refractivity contribution in [3.05, 3.63) is 58.4 Å². The smallest absolute Gasteiger partial charge is 0.258 e. The molecule has 0 saturated carbocycles. The highest BCUT2D eigenvalue weighted by atomic mass is 16.1. The zero-order valence-electron chi connectivity index (χ0n) is 18.5. The number of aromatic nitrogens is 3. The molecular weight excluding hydrogens is 374 g/mol. The number of carbonyl (C=O) groups is 1. The molecule has 0 atom stereocenters. The average molecular weight is 403 g/mol. The maximum atomic E-state index is 13.1. The number of imidazole rings is 1. The molecule has 0 aliphatic carbocycles. The molecule has 2 aromatic heterocycles. The lowest BCUT2D eigenvalue weighted by molar-refractivity contribution is -0.497. The van der Waals surface area contributed by atoms with Crippen LogP contribution in [0.4, 0.5) is 5.95 Å². The van der Waals surface area contributed by atoms with E-state index in [9.17, 15) is 4.79 Å². The van der Waals surface area contributed by atoms with E-state index in [0.29, 0.717) is 11.5 Å². The second kappa shape index (κ2) is 7.52. The highest BCUT2D eigenvalue weighted by molar-refractivity contribution is 6.21. The third-order valence-corrected chi connectivity index (χ3v) is 5.92. The van der Waals surface area contributed by atoms with Gasteiger partial charge in [0.1, 0.15) is 13.6 Å². The summed E-state index contributed by atoms with van der Waals surface area (Å²) in [7, 11) is 4.01. The van der Waals surface area contributed by atoms with Gasteiger partial charge in [-0.15, -0.1) is 0 Å². The Kier molecular flexibility index (Phi) is 5.02. The number of amides is 1. The van der Waals surface area contributed by atoms with Gasteiger partial charge in [-0.2, -0.15) is 0 Å². The summed E-state index contributed by atoms with van der Waals surface area (Å²) in [5, 5.41) is 2.98. The van der Waals surface area contributed by atoms with E-state index in [4.69, 9.17) is 4.98 Å². The summed E-state index contributed by atoms with van der Waals surface area (Å²) in [6, 6.07) is 9.78. The molecule has 1 aromatic carbocycles. The van der Waals surface area contributed by atoms with Gasteiger partial charge in [-0.25, -0.2) is 9.56 Å². The number of rotatable bonds is 3. The first kappa shape index (κ1) is 20.0. The monoisotopic (exact) mass is 402 g/mol. The fourth-order valence-electron chi connectivity index (χ4n) is 4.04. The third kappa shape index (κ3) is 3.54. The molecule has 0 radical (unpaired) electrons. The topological polar surface area (TPSA) is 62.8 Å². The van der Waals surface area contributed by atoms with Crippen LogP contribution in [0.15, 0.2) is 35.9 Å². The predicted molar refractivity (Wildman–Crippen MR) is 121 cm³/mol. The van der Waals surface area contributed by atoms with Gasteiger partial charge in [0.05, 0.1) is 22.3 Å². The Morgan fingerprint density at radius 3 is 2.63 bits per heavy atom. The van der Waals surface area contributed by atoms with Gasteiger partial charge in [0.25, 0.3) is 5.91 Å². The highest BCUT2D eigenvalue weighted by Gasteiger charge is 2.24. The number of pyridine rings is 1. The number of benzene rings is 1. The summed E-state index contributed by atoms with van der Waals surface area (Å²) < 4.78 is 4.16. The first-order valence-electron chi connectivity index (χ1n) is 10.2. The van der Waals surface area contributed by atoms with Crippen molar-refractivity contribution in [3.63, 3.8) is 0 Å². The van der Waals surface area contributed by atoms with Crippen LogP contribution in [0.1, 0.15) is 47.6 Å². The Bertz CT molecular complexity index is 1250. The maximum Gasteiger partial charge on any atom is 0.258 e. The van der Waals surface area contributed by atoms with Crippen LogP contribution in [0, 0.1) is 13.8 Å². The fraction of sp³-hybridized carbons (Fsp3) is 0.333. The van der Waals surface area contributed by atoms with Gasteiger partial charge in [0.15, 0.2) is 5.71 Å². The molecule has 30 heavy (non-hydrogen) atoms. The molecule has 0 saturated heterocycles. The number of anilines is 1. The largest absolute Gasteiger partial charge is 0.313 e. The van der Waals surface area contributed by atoms with E-state index in [0.717, 1.165) is 46.5 Å². The molecule has 6 heteroatoms. The molecule has 0 bridgehead atoms. The molecule has 1 aliphatic heterocycles. The van der Waals surface area contributed by atoms with Crippen molar-refractivity contribution in [3.8, 4) is 0 Å². The first-order chi connectivity index (χ1) is 14.2. The van der Waals surface area contributed by atoms with Crippen molar-refractivity contribution in [2.75, 3.05) is 18.9 Å². The molecule has 1 aliphatic rings. The predicted octanol–water partition coefficient (Wildman–Crippen LogP) is 4.12. The second-order valence-corrected chi connectivity index (χ2v) is 8.24. The molecule has 0 fully saturated rings. The summed E-state index contributed by atoms with van der Waals surface area (Å²) in [4.78, 5) is 22.4. The van der Waals surface area contributed by atoms with Crippen LogP contribution in [0.3, 0.4) is 0 Å². The van der Waals surface area contributed by atoms with Crippen molar-refractivity contribution in [2.45, 2.75) is 34.1 Å². The van der Waals surface area contributed by atoms with Gasteiger partial charge in [0.2, 0.25) is 5.95 Å². The Labute approximate surface area is 177 Å². The van der Waals surface area contributed by atoms with Gasteiger partial charge < -0.3 is 4.57 Å². The lowest BCUT2D eigenvalue weighted by atomic mass is 9.95. The van der Waals surface area contributed by atoms with E-state index < -0.39 is 0 Å². The quantitative estimate of drug-likeness (QED) is 0.671. The van der Waals surface area contributed by atoms with Gasteiger partial charge in [-0.1, -0.05) is 11.6 Å². The van der Waals surface area contributed by atoms with Gasteiger partial charge in [0, 0.05) is 31.6 Å². The van der Waals surface area contributed by atoms with E-state index in [1.54, 1.807) is 0 Å². The van der Waals surface area contributed by atoms with Crippen molar-refractivity contribution in [1.82, 2.24) is 14.5 Å². The third-order valence-electron chi connectivity index (χ3n) is 5.92. The minimum absolute atomic E-state index is 0.183. The van der Waals surface area contributed by atoms with Crippen molar-refractivity contribution >= 4 is 34.2 Å². The number of hydrogen-bond donors (Lipinski definition) is 1. The molecule has 0 unspecified atom stereocenters. The van der Waals surface area contributed by atoms with Crippen molar-refractivity contribution in [2.24, 2.45) is 7.05 Å². The summed E-state index contributed by atoms with van der Waals surface area (Å²) in [5.74, 6) is 0.351. The highest BCUT2D eigenvalue weighted by Crippen LogP contribution is 2.26. The molecule has 4 rings (SSSR count). The maximum absolute atomic E-state index is 13.1. The number of carbonyl (C=O) groups excluding carboxylic acids is 1. The fourth-order valence-corrected chi connectivity index (χ4v) is 4.04. The molecule has 1 N–H and O–H groups in total. The van der Waals surface area contributed by atoms with Gasteiger partial charge >= 0.3 is 0 Å². The number of allylic oxidation sites excluding steroid dienone is 1.